The average molecular weight is 477 g/mol. The summed E-state index contributed by atoms with van der Waals surface area (Å²) in [6.45, 7) is 11.9. The molecule has 0 saturated carbocycles. The minimum absolute atomic E-state index is 0.580. The molecule has 0 aromatic heterocycles. The third kappa shape index (κ3) is 31.8. The monoisotopic (exact) mass is 476 g/mol. The number of hydrogen-bond donors (Lipinski definition) is 0. The second-order valence-electron chi connectivity index (χ2n) is 8.50. The summed E-state index contributed by atoms with van der Waals surface area (Å²) in [6, 6.07) is 0. The highest BCUT2D eigenvalue weighted by Crippen LogP contribution is 2.12. The molecule has 0 atom stereocenters. The van der Waals surface area contributed by atoms with Crippen molar-refractivity contribution in [2.45, 2.75) is 97.3 Å². The Morgan fingerprint density at radius 1 is 0.273 bits per heavy atom. The van der Waals surface area contributed by atoms with E-state index in [2.05, 4.69) is 6.92 Å². The minimum atomic E-state index is 0.580. The second kappa shape index (κ2) is 31.8. The average Bonchev–Trinajstić information content (AvgIpc) is 2.83. The van der Waals surface area contributed by atoms with E-state index in [1.807, 2.05) is 6.92 Å². The SMILES string of the molecule is CCCCCCCCCCCCCCCOCCOCCOCCOCCOCCOCC. The van der Waals surface area contributed by atoms with Crippen LogP contribution in [0.3, 0.4) is 0 Å². The summed E-state index contributed by atoms with van der Waals surface area (Å²) >= 11 is 0. The molecule has 6 nitrogen and oxygen atoms in total. The molecule has 33 heavy (non-hydrogen) atoms. The van der Waals surface area contributed by atoms with E-state index in [1.165, 1.54) is 77.0 Å². The van der Waals surface area contributed by atoms with Gasteiger partial charge in [-0.2, -0.15) is 0 Å². The lowest BCUT2D eigenvalue weighted by Crippen LogP contribution is -2.14. The summed E-state index contributed by atoms with van der Waals surface area (Å²) in [6.07, 6.45) is 17.9. The first-order valence-corrected chi connectivity index (χ1v) is 13.9. The van der Waals surface area contributed by atoms with Gasteiger partial charge in [-0.1, -0.05) is 84.0 Å². The molecule has 0 aliphatic rings. The first kappa shape index (κ1) is 32.8. The minimum Gasteiger partial charge on any atom is -0.379 e. The molecule has 0 aliphatic carbocycles. The van der Waals surface area contributed by atoms with E-state index in [9.17, 15) is 0 Å². The zero-order valence-electron chi connectivity index (χ0n) is 22.1. The van der Waals surface area contributed by atoms with Crippen LogP contribution in [-0.4, -0.2) is 79.3 Å². The molecule has 0 heterocycles. The lowest BCUT2D eigenvalue weighted by atomic mass is 10.0. The molecule has 0 aromatic rings. The summed E-state index contributed by atoms with van der Waals surface area (Å²) < 4.78 is 32.6. The van der Waals surface area contributed by atoms with Gasteiger partial charge in [-0.3, -0.25) is 0 Å². The fourth-order valence-corrected chi connectivity index (χ4v) is 3.47. The van der Waals surface area contributed by atoms with E-state index in [0.717, 1.165) is 19.6 Å². The highest BCUT2D eigenvalue weighted by atomic mass is 16.6. The Bertz CT molecular complexity index is 300. The summed E-state index contributed by atoms with van der Waals surface area (Å²) in [5.74, 6) is 0. The Labute approximate surface area is 205 Å². The van der Waals surface area contributed by atoms with Crippen LogP contribution in [0.4, 0.5) is 0 Å². The van der Waals surface area contributed by atoms with Crippen LogP contribution >= 0.6 is 0 Å². The topological polar surface area (TPSA) is 55.4 Å². The molecule has 0 radical (unpaired) electrons. The van der Waals surface area contributed by atoms with E-state index in [-0.39, 0.29) is 0 Å². The smallest absolute Gasteiger partial charge is 0.0701 e. The summed E-state index contributed by atoms with van der Waals surface area (Å²) in [7, 11) is 0. The molecule has 6 heteroatoms. The standard InChI is InChI=1S/C27H56O6/c1-3-5-6-7-8-9-10-11-12-13-14-15-16-17-29-20-21-31-24-25-33-27-26-32-23-22-30-19-18-28-4-2/h3-27H2,1-2H3. The zero-order chi connectivity index (χ0) is 23.9. The maximum Gasteiger partial charge on any atom is 0.0701 e. The molecule has 0 aliphatic heterocycles. The maximum atomic E-state index is 5.64. The first-order valence-electron chi connectivity index (χ1n) is 13.9. The Morgan fingerprint density at radius 2 is 0.545 bits per heavy atom. The normalized spacial score (nSPS) is 11.5. The van der Waals surface area contributed by atoms with Crippen molar-refractivity contribution in [3.8, 4) is 0 Å². The predicted molar refractivity (Wildman–Crippen MR) is 136 cm³/mol. The quantitative estimate of drug-likeness (QED) is 0.115. The van der Waals surface area contributed by atoms with E-state index in [1.54, 1.807) is 0 Å². The van der Waals surface area contributed by atoms with Crippen LogP contribution in [-0.2, 0) is 28.4 Å². The summed E-state index contributed by atoms with van der Waals surface area (Å²) in [5.41, 5.74) is 0. The van der Waals surface area contributed by atoms with E-state index in [0.29, 0.717) is 66.1 Å². The van der Waals surface area contributed by atoms with Gasteiger partial charge >= 0.3 is 0 Å². The van der Waals surface area contributed by atoms with Crippen molar-refractivity contribution in [1.82, 2.24) is 0 Å². The van der Waals surface area contributed by atoms with Gasteiger partial charge in [0.25, 0.3) is 0 Å². The lowest BCUT2D eigenvalue weighted by molar-refractivity contribution is -0.0163. The van der Waals surface area contributed by atoms with Gasteiger partial charge in [0.05, 0.1) is 66.1 Å². The highest BCUT2D eigenvalue weighted by Gasteiger charge is 1.96. The fourth-order valence-electron chi connectivity index (χ4n) is 3.47. The molecule has 0 aromatic carbocycles. The predicted octanol–water partition coefficient (Wildman–Crippen LogP) is 6.20. The molecule has 0 spiro atoms. The van der Waals surface area contributed by atoms with Gasteiger partial charge in [0.1, 0.15) is 0 Å². The third-order valence-corrected chi connectivity index (χ3v) is 5.46. The van der Waals surface area contributed by atoms with Crippen molar-refractivity contribution in [1.29, 1.82) is 0 Å². The van der Waals surface area contributed by atoms with Crippen molar-refractivity contribution < 1.29 is 28.4 Å². The van der Waals surface area contributed by atoms with E-state index in [4.69, 9.17) is 28.4 Å². The molecular formula is C27H56O6. The summed E-state index contributed by atoms with van der Waals surface area (Å²) in [5, 5.41) is 0. The zero-order valence-corrected chi connectivity index (χ0v) is 22.1. The molecule has 0 amide bonds. The van der Waals surface area contributed by atoms with Crippen LogP contribution in [0.2, 0.25) is 0 Å². The molecule has 200 valence electrons. The van der Waals surface area contributed by atoms with Crippen LogP contribution in [0.5, 0.6) is 0 Å². The molecule has 0 fully saturated rings. The fraction of sp³-hybridized carbons (Fsp3) is 1.00. The maximum absolute atomic E-state index is 5.64. The number of ether oxygens (including phenoxy) is 6. The van der Waals surface area contributed by atoms with Crippen molar-refractivity contribution in [3.63, 3.8) is 0 Å². The van der Waals surface area contributed by atoms with Gasteiger partial charge in [0, 0.05) is 13.2 Å². The lowest BCUT2D eigenvalue weighted by Gasteiger charge is -2.08. The Kier molecular flexibility index (Phi) is 31.5. The Morgan fingerprint density at radius 3 is 0.879 bits per heavy atom. The van der Waals surface area contributed by atoms with Crippen molar-refractivity contribution in [2.75, 3.05) is 79.3 Å². The highest BCUT2D eigenvalue weighted by molar-refractivity contribution is 4.49. The van der Waals surface area contributed by atoms with Gasteiger partial charge < -0.3 is 28.4 Å². The molecule has 0 rings (SSSR count). The second-order valence-corrected chi connectivity index (χ2v) is 8.50. The summed E-state index contributed by atoms with van der Waals surface area (Å²) in [4.78, 5) is 0. The Hall–Kier alpha value is -0.240. The number of unbranched alkanes of at least 4 members (excludes halogenated alkanes) is 12. The van der Waals surface area contributed by atoms with E-state index >= 15 is 0 Å². The van der Waals surface area contributed by atoms with Crippen molar-refractivity contribution in [3.05, 3.63) is 0 Å². The van der Waals surface area contributed by atoms with Gasteiger partial charge in [-0.05, 0) is 13.3 Å². The van der Waals surface area contributed by atoms with Crippen LogP contribution in [0.25, 0.3) is 0 Å². The van der Waals surface area contributed by atoms with Crippen LogP contribution in [0, 0.1) is 0 Å². The Balaban J connectivity index is 2.99. The van der Waals surface area contributed by atoms with Crippen LogP contribution < -0.4 is 0 Å². The third-order valence-electron chi connectivity index (χ3n) is 5.46. The molecule has 0 bridgehead atoms. The van der Waals surface area contributed by atoms with Gasteiger partial charge in [-0.25, -0.2) is 0 Å². The van der Waals surface area contributed by atoms with Gasteiger partial charge in [-0.15, -0.1) is 0 Å². The largest absolute Gasteiger partial charge is 0.379 e. The van der Waals surface area contributed by atoms with Gasteiger partial charge in [0.15, 0.2) is 0 Å². The van der Waals surface area contributed by atoms with Crippen molar-refractivity contribution >= 4 is 0 Å². The molecular weight excluding hydrogens is 420 g/mol. The van der Waals surface area contributed by atoms with E-state index < -0.39 is 0 Å². The van der Waals surface area contributed by atoms with Gasteiger partial charge in [0.2, 0.25) is 0 Å². The molecule has 0 N–H and O–H groups in total. The first-order chi connectivity index (χ1) is 16.4. The number of hydrogen-bond acceptors (Lipinski definition) is 6. The number of rotatable bonds is 30. The van der Waals surface area contributed by atoms with Crippen LogP contribution in [0.1, 0.15) is 97.3 Å². The van der Waals surface area contributed by atoms with Crippen LogP contribution in [0.15, 0.2) is 0 Å². The molecule has 0 unspecified atom stereocenters. The molecule has 0 saturated heterocycles. The van der Waals surface area contributed by atoms with Crippen molar-refractivity contribution in [2.24, 2.45) is 0 Å².